The number of hydrogen-bond acceptors (Lipinski definition) is 2. The van der Waals surface area contributed by atoms with Crippen LogP contribution < -0.4 is 5.56 Å². The topological polar surface area (TPSA) is 39.1 Å². The first kappa shape index (κ1) is 16.7. The van der Waals surface area contributed by atoms with Gasteiger partial charge in [0, 0.05) is 24.7 Å². The predicted molar refractivity (Wildman–Crippen MR) is 82.9 cm³/mol. The van der Waals surface area contributed by atoms with Gasteiger partial charge in [0.2, 0.25) is 0 Å². The number of carbonyl (C=O) groups excluding carboxylic acids is 1. The maximum atomic E-state index is 12.4. The van der Waals surface area contributed by atoms with Crippen molar-refractivity contribution < 1.29 is 4.79 Å². The Balaban J connectivity index is 2.77. The number of aromatic nitrogens is 1. The summed E-state index contributed by atoms with van der Waals surface area (Å²) in [6.07, 6.45) is 5.33. The van der Waals surface area contributed by atoms with Gasteiger partial charge >= 0.3 is 0 Å². The Hall–Kier alpha value is -1.38. The fourth-order valence-electron chi connectivity index (χ4n) is 2.45. The van der Waals surface area contributed by atoms with Crippen LogP contribution in [-0.2, 0) is 17.8 Å². The van der Waals surface area contributed by atoms with Crippen LogP contribution in [0.1, 0.15) is 52.5 Å². The van der Waals surface area contributed by atoms with Crippen molar-refractivity contribution in [2.24, 2.45) is 11.8 Å². The fourth-order valence-corrected chi connectivity index (χ4v) is 2.45. The summed E-state index contributed by atoms with van der Waals surface area (Å²) in [5.74, 6) is 0.877. The molecule has 0 aliphatic heterocycles. The number of carbonyl (C=O) groups is 1. The lowest BCUT2D eigenvalue weighted by Crippen LogP contribution is -2.25. The van der Waals surface area contributed by atoms with E-state index in [1.165, 1.54) is 0 Å². The summed E-state index contributed by atoms with van der Waals surface area (Å²) in [5.41, 5.74) is 0.995. The number of hydrogen-bond donors (Lipinski definition) is 0. The van der Waals surface area contributed by atoms with E-state index in [1.807, 2.05) is 18.3 Å². The molecule has 0 radical (unpaired) electrons. The molecule has 0 N–H and O–H groups in total. The number of ketones is 1. The molecule has 2 atom stereocenters. The van der Waals surface area contributed by atoms with Gasteiger partial charge in [-0.05, 0) is 37.7 Å². The minimum atomic E-state index is 0.128. The van der Waals surface area contributed by atoms with Crippen LogP contribution in [0, 0.1) is 11.8 Å². The van der Waals surface area contributed by atoms with Gasteiger partial charge in [0.15, 0.2) is 0 Å². The Bertz CT molecular complexity index is 490. The van der Waals surface area contributed by atoms with Crippen LogP contribution >= 0.6 is 0 Å². The molecule has 1 aromatic heterocycles. The number of pyridine rings is 1. The third-order valence-corrected chi connectivity index (χ3v) is 3.97. The molecular formula is C17H27NO2. The molecule has 1 rings (SSSR count). The van der Waals surface area contributed by atoms with Crippen molar-refractivity contribution in [3.8, 4) is 0 Å². The van der Waals surface area contributed by atoms with Crippen LogP contribution in [0.25, 0.3) is 0 Å². The molecule has 0 amide bonds. The number of Topliss-reactive ketones (excluding diaryl/α,β-unsaturated/α-hetero) is 1. The van der Waals surface area contributed by atoms with Gasteiger partial charge in [-0.3, -0.25) is 4.79 Å². The van der Waals surface area contributed by atoms with Gasteiger partial charge in [0.05, 0.1) is 0 Å². The van der Waals surface area contributed by atoms with Gasteiger partial charge in [-0.25, -0.2) is 0 Å². The predicted octanol–water partition coefficient (Wildman–Crippen LogP) is 3.44. The smallest absolute Gasteiger partial charge is 0.253 e. The van der Waals surface area contributed by atoms with Gasteiger partial charge < -0.3 is 9.36 Å². The summed E-state index contributed by atoms with van der Waals surface area (Å²) in [6.45, 7) is 8.76. The van der Waals surface area contributed by atoms with Crippen LogP contribution in [0.4, 0.5) is 0 Å². The number of rotatable bonds is 8. The van der Waals surface area contributed by atoms with E-state index in [9.17, 15) is 9.59 Å². The summed E-state index contributed by atoms with van der Waals surface area (Å²) < 4.78 is 1.81. The highest BCUT2D eigenvalue weighted by molar-refractivity contribution is 5.75. The van der Waals surface area contributed by atoms with Gasteiger partial charge in [0.1, 0.15) is 5.78 Å². The first-order valence-electron chi connectivity index (χ1n) is 7.63. The van der Waals surface area contributed by atoms with Gasteiger partial charge in [-0.15, -0.1) is 0 Å². The second kappa shape index (κ2) is 8.03. The van der Waals surface area contributed by atoms with Crippen molar-refractivity contribution in [2.75, 3.05) is 0 Å². The maximum Gasteiger partial charge on any atom is 0.253 e. The molecule has 0 bridgehead atoms. The number of aryl methyl sites for hydroxylation is 1. The Morgan fingerprint density at radius 1 is 1.30 bits per heavy atom. The van der Waals surface area contributed by atoms with Crippen molar-refractivity contribution in [2.45, 2.75) is 59.9 Å². The fraction of sp³-hybridized carbons (Fsp3) is 0.647. The van der Waals surface area contributed by atoms with Crippen LogP contribution in [0.2, 0.25) is 0 Å². The molecule has 0 aromatic carbocycles. The van der Waals surface area contributed by atoms with Crippen molar-refractivity contribution in [3.63, 3.8) is 0 Å². The lowest BCUT2D eigenvalue weighted by Gasteiger charge is -2.19. The van der Waals surface area contributed by atoms with Crippen molar-refractivity contribution in [1.82, 2.24) is 4.57 Å². The zero-order valence-corrected chi connectivity index (χ0v) is 13.2. The van der Waals surface area contributed by atoms with Crippen LogP contribution in [0.5, 0.6) is 0 Å². The average Bonchev–Trinajstić information content (AvgIpc) is 2.39. The quantitative estimate of drug-likeness (QED) is 0.730. The van der Waals surface area contributed by atoms with E-state index in [4.69, 9.17) is 0 Å². The largest absolute Gasteiger partial charge is 0.315 e. The van der Waals surface area contributed by atoms with Crippen LogP contribution in [0.3, 0.4) is 0 Å². The molecule has 0 saturated carbocycles. The lowest BCUT2D eigenvalue weighted by molar-refractivity contribution is -0.118. The van der Waals surface area contributed by atoms with Crippen LogP contribution in [0.15, 0.2) is 23.1 Å². The normalized spacial score (nSPS) is 14.0. The Kier molecular flexibility index (Phi) is 6.69. The Morgan fingerprint density at radius 2 is 2.00 bits per heavy atom. The Labute approximate surface area is 122 Å². The first-order chi connectivity index (χ1) is 9.45. The van der Waals surface area contributed by atoms with Gasteiger partial charge in [-0.2, -0.15) is 0 Å². The van der Waals surface area contributed by atoms with Crippen molar-refractivity contribution >= 4 is 5.78 Å². The van der Waals surface area contributed by atoms with E-state index >= 15 is 0 Å². The summed E-state index contributed by atoms with van der Waals surface area (Å²) >= 11 is 0. The molecule has 3 heteroatoms. The van der Waals surface area contributed by atoms with E-state index in [0.717, 1.165) is 31.4 Å². The summed E-state index contributed by atoms with van der Waals surface area (Å²) in [4.78, 5) is 23.5. The van der Waals surface area contributed by atoms with Crippen molar-refractivity contribution in [3.05, 3.63) is 34.2 Å². The molecule has 0 aliphatic rings. The molecular weight excluding hydrogens is 250 g/mol. The zero-order chi connectivity index (χ0) is 15.1. The second-order valence-corrected chi connectivity index (χ2v) is 5.95. The summed E-state index contributed by atoms with van der Waals surface area (Å²) in [7, 11) is 0. The van der Waals surface area contributed by atoms with Crippen LogP contribution in [-0.4, -0.2) is 10.4 Å². The molecule has 0 spiro atoms. The summed E-state index contributed by atoms with van der Waals surface area (Å²) in [5, 5.41) is 0. The minimum absolute atomic E-state index is 0.128. The molecule has 0 unspecified atom stereocenters. The second-order valence-electron chi connectivity index (χ2n) is 5.95. The third kappa shape index (κ3) is 4.95. The number of nitrogens with zero attached hydrogens (tertiary/aromatic N) is 1. The van der Waals surface area contributed by atoms with E-state index in [2.05, 4.69) is 20.8 Å². The molecule has 112 valence electrons. The van der Waals surface area contributed by atoms with Crippen molar-refractivity contribution in [1.29, 1.82) is 0 Å². The molecule has 0 aliphatic carbocycles. The monoisotopic (exact) mass is 277 g/mol. The molecule has 0 saturated heterocycles. The Morgan fingerprint density at radius 3 is 2.60 bits per heavy atom. The van der Waals surface area contributed by atoms with E-state index in [0.29, 0.717) is 18.3 Å². The maximum absolute atomic E-state index is 12.4. The van der Waals surface area contributed by atoms with E-state index in [-0.39, 0.29) is 11.3 Å². The molecule has 3 nitrogen and oxygen atoms in total. The SMILES string of the molecule is CCCCn1cccc(C[C@H](C)[C@@H](C)CC(C)=O)c1=O. The highest BCUT2D eigenvalue weighted by Crippen LogP contribution is 2.19. The van der Waals surface area contributed by atoms with E-state index < -0.39 is 0 Å². The molecule has 20 heavy (non-hydrogen) atoms. The van der Waals surface area contributed by atoms with Gasteiger partial charge in [-0.1, -0.05) is 33.3 Å². The lowest BCUT2D eigenvalue weighted by atomic mass is 9.87. The zero-order valence-electron chi connectivity index (χ0n) is 13.2. The third-order valence-electron chi connectivity index (χ3n) is 3.97. The molecule has 1 heterocycles. The average molecular weight is 277 g/mol. The van der Waals surface area contributed by atoms with Gasteiger partial charge in [0.25, 0.3) is 5.56 Å². The molecule has 0 fully saturated rings. The minimum Gasteiger partial charge on any atom is -0.315 e. The highest BCUT2D eigenvalue weighted by atomic mass is 16.1. The first-order valence-corrected chi connectivity index (χ1v) is 7.63. The summed E-state index contributed by atoms with van der Waals surface area (Å²) in [6, 6.07) is 3.87. The number of unbranched alkanes of at least 4 members (excludes halogenated alkanes) is 1. The van der Waals surface area contributed by atoms with E-state index in [1.54, 1.807) is 11.5 Å². The molecule has 1 aromatic rings. The standard InChI is InChI=1S/C17H27NO2/c1-5-6-9-18-10-7-8-16(17(18)20)12-14(3)13(2)11-15(4)19/h7-8,10,13-14H,5-6,9,11-12H2,1-4H3/t13-,14-/m0/s1. The highest BCUT2D eigenvalue weighted by Gasteiger charge is 2.16.